The minimum atomic E-state index is -0.183. The third kappa shape index (κ3) is 6.57. The molecule has 2 aromatic rings. The molecule has 1 saturated heterocycles. The Kier molecular flexibility index (Phi) is 8.25. The number of hydrogen-bond donors (Lipinski definition) is 1. The SMILES string of the molecule is CCCc1ccc(OCC(=O)N2CCCN(C(=O)c3cccc(NC(C)=O)c3)CC2)cc1. The van der Waals surface area contributed by atoms with Gasteiger partial charge in [0.1, 0.15) is 5.75 Å². The van der Waals surface area contributed by atoms with E-state index in [1.54, 1.807) is 34.1 Å². The number of carbonyl (C=O) groups excluding carboxylic acids is 3. The van der Waals surface area contributed by atoms with Gasteiger partial charge in [-0.1, -0.05) is 31.5 Å². The quantitative estimate of drug-likeness (QED) is 0.721. The van der Waals surface area contributed by atoms with E-state index in [2.05, 4.69) is 12.2 Å². The topological polar surface area (TPSA) is 79.0 Å². The molecule has 170 valence electrons. The van der Waals surface area contributed by atoms with Crippen LogP contribution in [0.15, 0.2) is 48.5 Å². The second-order valence-electron chi connectivity index (χ2n) is 7.97. The highest BCUT2D eigenvalue weighted by Gasteiger charge is 2.23. The van der Waals surface area contributed by atoms with Crippen molar-refractivity contribution in [2.75, 3.05) is 38.1 Å². The Bertz CT molecular complexity index is 942. The van der Waals surface area contributed by atoms with Crippen molar-refractivity contribution >= 4 is 23.4 Å². The van der Waals surface area contributed by atoms with Gasteiger partial charge >= 0.3 is 0 Å². The maximum atomic E-state index is 12.9. The van der Waals surface area contributed by atoms with Crippen molar-refractivity contribution in [2.24, 2.45) is 0 Å². The number of anilines is 1. The first-order valence-electron chi connectivity index (χ1n) is 11.1. The van der Waals surface area contributed by atoms with Gasteiger partial charge in [-0.05, 0) is 48.7 Å². The van der Waals surface area contributed by atoms with E-state index in [1.807, 2.05) is 24.3 Å². The Morgan fingerprint density at radius 3 is 2.41 bits per heavy atom. The second-order valence-corrected chi connectivity index (χ2v) is 7.97. The third-order valence-electron chi connectivity index (χ3n) is 5.39. The van der Waals surface area contributed by atoms with Gasteiger partial charge in [0.2, 0.25) is 5.91 Å². The van der Waals surface area contributed by atoms with E-state index < -0.39 is 0 Å². The fourth-order valence-corrected chi connectivity index (χ4v) is 3.76. The Balaban J connectivity index is 1.52. The van der Waals surface area contributed by atoms with Crippen LogP contribution in [-0.2, 0) is 16.0 Å². The van der Waals surface area contributed by atoms with Crippen LogP contribution in [0.25, 0.3) is 0 Å². The zero-order chi connectivity index (χ0) is 22.9. The summed E-state index contributed by atoms with van der Waals surface area (Å²) in [6.45, 7) is 5.65. The van der Waals surface area contributed by atoms with Crippen LogP contribution in [0.3, 0.4) is 0 Å². The van der Waals surface area contributed by atoms with Crippen LogP contribution in [0, 0.1) is 0 Å². The summed E-state index contributed by atoms with van der Waals surface area (Å²) in [7, 11) is 0. The number of benzene rings is 2. The molecule has 1 aliphatic rings. The zero-order valence-corrected chi connectivity index (χ0v) is 18.8. The normalized spacial score (nSPS) is 13.9. The lowest BCUT2D eigenvalue weighted by atomic mass is 10.1. The summed E-state index contributed by atoms with van der Waals surface area (Å²) >= 11 is 0. The van der Waals surface area contributed by atoms with E-state index in [4.69, 9.17) is 4.74 Å². The van der Waals surface area contributed by atoms with Crippen LogP contribution in [-0.4, -0.2) is 60.3 Å². The fraction of sp³-hybridized carbons (Fsp3) is 0.400. The van der Waals surface area contributed by atoms with E-state index >= 15 is 0 Å². The summed E-state index contributed by atoms with van der Waals surface area (Å²) in [6, 6.07) is 14.8. The number of amides is 3. The van der Waals surface area contributed by atoms with E-state index in [0.717, 1.165) is 12.8 Å². The van der Waals surface area contributed by atoms with Gasteiger partial charge in [-0.25, -0.2) is 0 Å². The molecule has 1 heterocycles. The first-order valence-corrected chi connectivity index (χ1v) is 11.1. The summed E-state index contributed by atoms with van der Waals surface area (Å²) in [5.41, 5.74) is 2.37. The van der Waals surface area contributed by atoms with Crippen molar-refractivity contribution in [2.45, 2.75) is 33.1 Å². The third-order valence-corrected chi connectivity index (χ3v) is 5.39. The minimum absolute atomic E-state index is 0.0141. The maximum absolute atomic E-state index is 12.9. The van der Waals surface area contributed by atoms with Crippen LogP contribution in [0.4, 0.5) is 5.69 Å². The molecule has 32 heavy (non-hydrogen) atoms. The molecule has 0 spiro atoms. The van der Waals surface area contributed by atoms with Crippen molar-refractivity contribution in [3.63, 3.8) is 0 Å². The van der Waals surface area contributed by atoms with Crippen molar-refractivity contribution in [3.05, 3.63) is 59.7 Å². The molecule has 0 saturated carbocycles. The number of aryl methyl sites for hydroxylation is 1. The molecule has 1 fully saturated rings. The number of hydrogen-bond acceptors (Lipinski definition) is 4. The van der Waals surface area contributed by atoms with Crippen LogP contribution >= 0.6 is 0 Å². The van der Waals surface area contributed by atoms with Gasteiger partial charge in [0.15, 0.2) is 6.61 Å². The number of nitrogens with zero attached hydrogens (tertiary/aromatic N) is 2. The van der Waals surface area contributed by atoms with Crippen molar-refractivity contribution in [3.8, 4) is 5.75 Å². The predicted molar refractivity (Wildman–Crippen MR) is 124 cm³/mol. The molecule has 0 aliphatic carbocycles. The van der Waals surface area contributed by atoms with E-state index in [0.29, 0.717) is 49.6 Å². The average molecular weight is 438 g/mol. The highest BCUT2D eigenvalue weighted by molar-refractivity contribution is 5.96. The lowest BCUT2D eigenvalue weighted by Gasteiger charge is -2.22. The average Bonchev–Trinajstić information content (AvgIpc) is 3.04. The Morgan fingerprint density at radius 2 is 1.69 bits per heavy atom. The minimum Gasteiger partial charge on any atom is -0.484 e. The first-order chi connectivity index (χ1) is 15.5. The van der Waals surface area contributed by atoms with Crippen LogP contribution < -0.4 is 10.1 Å². The molecule has 7 heteroatoms. The summed E-state index contributed by atoms with van der Waals surface area (Å²) in [5.74, 6) is 0.320. The van der Waals surface area contributed by atoms with Crippen LogP contribution in [0.5, 0.6) is 5.75 Å². The van der Waals surface area contributed by atoms with Crippen LogP contribution in [0.2, 0.25) is 0 Å². The molecule has 0 bridgehead atoms. The largest absolute Gasteiger partial charge is 0.484 e. The smallest absolute Gasteiger partial charge is 0.260 e. The van der Waals surface area contributed by atoms with E-state index in [9.17, 15) is 14.4 Å². The summed E-state index contributed by atoms with van der Waals surface area (Å²) in [5, 5.41) is 2.70. The predicted octanol–water partition coefficient (Wildman–Crippen LogP) is 3.35. The van der Waals surface area contributed by atoms with Crippen LogP contribution in [0.1, 0.15) is 42.6 Å². The van der Waals surface area contributed by atoms with Crippen molar-refractivity contribution in [1.29, 1.82) is 0 Å². The molecular formula is C25H31N3O4. The molecule has 3 rings (SSSR count). The fourth-order valence-electron chi connectivity index (χ4n) is 3.76. The molecule has 1 aliphatic heterocycles. The molecule has 1 N–H and O–H groups in total. The van der Waals surface area contributed by atoms with Crippen molar-refractivity contribution in [1.82, 2.24) is 9.80 Å². The van der Waals surface area contributed by atoms with E-state index in [-0.39, 0.29) is 24.3 Å². The van der Waals surface area contributed by atoms with Gasteiger partial charge in [-0.2, -0.15) is 0 Å². The number of nitrogens with one attached hydrogen (secondary N) is 1. The Hall–Kier alpha value is -3.35. The lowest BCUT2D eigenvalue weighted by Crippen LogP contribution is -2.39. The lowest BCUT2D eigenvalue weighted by molar-refractivity contribution is -0.133. The standard InChI is InChI=1S/C25H31N3O4/c1-3-6-20-9-11-23(12-10-20)32-18-24(30)27-13-5-14-28(16-15-27)25(31)21-7-4-8-22(17-21)26-19(2)29/h4,7-12,17H,3,5-6,13-16,18H2,1-2H3,(H,26,29). The number of carbonyl (C=O) groups is 3. The molecular weight excluding hydrogens is 406 g/mol. The van der Waals surface area contributed by atoms with Gasteiger partial charge in [0.05, 0.1) is 0 Å². The second kappa shape index (κ2) is 11.3. The van der Waals surface area contributed by atoms with Gasteiger partial charge in [0, 0.05) is 44.4 Å². The van der Waals surface area contributed by atoms with Gasteiger partial charge < -0.3 is 19.9 Å². The highest BCUT2D eigenvalue weighted by Crippen LogP contribution is 2.16. The van der Waals surface area contributed by atoms with Gasteiger partial charge in [-0.15, -0.1) is 0 Å². The maximum Gasteiger partial charge on any atom is 0.260 e. The molecule has 7 nitrogen and oxygen atoms in total. The molecule has 0 unspecified atom stereocenters. The summed E-state index contributed by atoms with van der Waals surface area (Å²) < 4.78 is 5.68. The summed E-state index contributed by atoms with van der Waals surface area (Å²) in [6.07, 6.45) is 2.82. The monoisotopic (exact) mass is 437 g/mol. The molecule has 2 aromatic carbocycles. The molecule has 0 atom stereocenters. The molecule has 0 aromatic heterocycles. The first kappa shape index (κ1) is 23.3. The number of rotatable bonds is 7. The van der Waals surface area contributed by atoms with E-state index in [1.165, 1.54) is 12.5 Å². The Labute approximate surface area is 189 Å². The Morgan fingerprint density at radius 1 is 0.969 bits per heavy atom. The molecule has 3 amide bonds. The van der Waals surface area contributed by atoms with Gasteiger partial charge in [0.25, 0.3) is 11.8 Å². The number of ether oxygens (including phenoxy) is 1. The highest BCUT2D eigenvalue weighted by atomic mass is 16.5. The van der Waals surface area contributed by atoms with Gasteiger partial charge in [-0.3, -0.25) is 14.4 Å². The zero-order valence-electron chi connectivity index (χ0n) is 18.8. The molecule has 0 radical (unpaired) electrons. The summed E-state index contributed by atoms with van der Waals surface area (Å²) in [4.78, 5) is 40.4. The van der Waals surface area contributed by atoms with Crippen molar-refractivity contribution < 1.29 is 19.1 Å².